The Kier molecular flexibility index (Phi) is 10.5. The maximum Gasteiger partial charge on any atom is 0.251 e. The fourth-order valence-electron chi connectivity index (χ4n) is 2.84. The van der Waals surface area contributed by atoms with Gasteiger partial charge in [0.15, 0.2) is 11.5 Å². The van der Waals surface area contributed by atoms with Gasteiger partial charge in [0, 0.05) is 17.5 Å². The third-order valence-corrected chi connectivity index (χ3v) is 4.92. The fourth-order valence-corrected chi connectivity index (χ4v) is 3.38. The Morgan fingerprint density at radius 2 is 2.22 bits per heavy atom. The average molecular weight is 434 g/mol. The summed E-state index contributed by atoms with van der Waals surface area (Å²) in [4.78, 5) is 16.5. The number of carbonyl (C=O) groups is 1. The maximum atomic E-state index is 12.3. The van der Waals surface area contributed by atoms with Gasteiger partial charge in [-0.3, -0.25) is 4.79 Å². The zero-order chi connectivity index (χ0) is 17.5. The van der Waals surface area contributed by atoms with Crippen molar-refractivity contribution in [3.05, 3.63) is 40.3 Å². The van der Waals surface area contributed by atoms with Crippen LogP contribution in [-0.2, 0) is 6.61 Å². The summed E-state index contributed by atoms with van der Waals surface area (Å²) in [5, 5.41) is 8.26. The predicted molar refractivity (Wildman–Crippen MR) is 112 cm³/mol. The van der Waals surface area contributed by atoms with Crippen molar-refractivity contribution in [2.45, 2.75) is 19.4 Å². The second-order valence-electron chi connectivity index (χ2n) is 6.04. The topological polar surface area (TPSA) is 72.5 Å². The van der Waals surface area contributed by atoms with Gasteiger partial charge in [-0.25, -0.2) is 4.98 Å². The van der Waals surface area contributed by atoms with Crippen LogP contribution in [0.3, 0.4) is 0 Å². The Morgan fingerprint density at radius 1 is 1.37 bits per heavy atom. The molecule has 2 aromatic rings. The monoisotopic (exact) mass is 433 g/mol. The number of ether oxygens (including phenoxy) is 2. The van der Waals surface area contributed by atoms with E-state index in [-0.39, 0.29) is 30.7 Å². The van der Waals surface area contributed by atoms with Gasteiger partial charge in [0.1, 0.15) is 6.61 Å². The minimum atomic E-state index is -0.0877. The summed E-state index contributed by atoms with van der Waals surface area (Å²) in [5.74, 6) is 1.72. The molecule has 1 atom stereocenters. The molecule has 1 saturated heterocycles. The SMILES string of the molecule is COc1cc(C(=O)NCCC2CCNC2)ccc1OCc1cscn1.Cl.Cl. The molecule has 6 nitrogen and oxygen atoms in total. The summed E-state index contributed by atoms with van der Waals surface area (Å²) in [6, 6.07) is 5.23. The zero-order valence-corrected chi connectivity index (χ0v) is 17.6. The zero-order valence-electron chi connectivity index (χ0n) is 15.1. The molecule has 9 heteroatoms. The largest absolute Gasteiger partial charge is 0.493 e. The van der Waals surface area contributed by atoms with Gasteiger partial charge in [0.05, 0.1) is 18.3 Å². The summed E-state index contributed by atoms with van der Waals surface area (Å²) < 4.78 is 11.1. The number of aromatic nitrogens is 1. The summed E-state index contributed by atoms with van der Waals surface area (Å²) in [6.45, 7) is 3.20. The van der Waals surface area contributed by atoms with E-state index >= 15 is 0 Å². The molecule has 0 spiro atoms. The number of rotatable bonds is 8. The number of hydrogen-bond donors (Lipinski definition) is 2. The fraction of sp³-hybridized carbons (Fsp3) is 0.444. The predicted octanol–water partition coefficient (Wildman–Crippen LogP) is 3.30. The highest BCUT2D eigenvalue weighted by molar-refractivity contribution is 7.07. The number of methoxy groups -OCH3 is 1. The van der Waals surface area contributed by atoms with Crippen molar-refractivity contribution >= 4 is 42.1 Å². The van der Waals surface area contributed by atoms with Crippen LogP contribution in [0.1, 0.15) is 28.9 Å². The van der Waals surface area contributed by atoms with Gasteiger partial charge in [-0.05, 0) is 50.0 Å². The number of halogens is 2. The van der Waals surface area contributed by atoms with Crippen molar-refractivity contribution in [3.63, 3.8) is 0 Å². The van der Waals surface area contributed by atoms with Gasteiger partial charge in [-0.2, -0.15) is 0 Å². The molecule has 1 aromatic heterocycles. The van der Waals surface area contributed by atoms with E-state index < -0.39 is 0 Å². The van der Waals surface area contributed by atoms with E-state index in [0.29, 0.717) is 36.1 Å². The van der Waals surface area contributed by atoms with Gasteiger partial charge in [0.2, 0.25) is 0 Å². The lowest BCUT2D eigenvalue weighted by Crippen LogP contribution is -2.26. The smallest absolute Gasteiger partial charge is 0.251 e. The van der Waals surface area contributed by atoms with E-state index in [2.05, 4.69) is 15.6 Å². The van der Waals surface area contributed by atoms with Crippen LogP contribution >= 0.6 is 36.2 Å². The van der Waals surface area contributed by atoms with Crippen LogP contribution in [0.2, 0.25) is 0 Å². The molecule has 150 valence electrons. The van der Waals surface area contributed by atoms with E-state index in [4.69, 9.17) is 9.47 Å². The van der Waals surface area contributed by atoms with E-state index in [1.807, 2.05) is 5.38 Å². The first-order valence-corrected chi connectivity index (χ1v) is 9.37. The van der Waals surface area contributed by atoms with E-state index in [1.54, 1.807) is 30.8 Å². The minimum absolute atomic E-state index is 0. The van der Waals surface area contributed by atoms with Crippen LogP contribution in [0.5, 0.6) is 11.5 Å². The second-order valence-corrected chi connectivity index (χ2v) is 6.76. The van der Waals surface area contributed by atoms with Crippen LogP contribution in [-0.4, -0.2) is 37.6 Å². The van der Waals surface area contributed by atoms with Gasteiger partial charge in [0.25, 0.3) is 5.91 Å². The lowest BCUT2D eigenvalue weighted by atomic mass is 10.1. The Hall–Kier alpha value is -1.54. The number of thiazole rings is 1. The molecule has 2 heterocycles. The molecule has 1 aliphatic heterocycles. The van der Waals surface area contributed by atoms with E-state index in [0.717, 1.165) is 25.2 Å². The number of hydrogen-bond acceptors (Lipinski definition) is 6. The highest BCUT2D eigenvalue weighted by atomic mass is 35.5. The number of nitrogens with zero attached hydrogens (tertiary/aromatic N) is 1. The van der Waals surface area contributed by atoms with Crippen molar-refractivity contribution in [2.24, 2.45) is 5.92 Å². The first-order valence-electron chi connectivity index (χ1n) is 8.43. The average Bonchev–Trinajstić information content (AvgIpc) is 3.33. The summed E-state index contributed by atoms with van der Waals surface area (Å²) >= 11 is 1.53. The van der Waals surface area contributed by atoms with Crippen LogP contribution in [0.25, 0.3) is 0 Å². The third kappa shape index (κ3) is 6.84. The van der Waals surface area contributed by atoms with Gasteiger partial charge >= 0.3 is 0 Å². The van der Waals surface area contributed by atoms with Crippen molar-refractivity contribution in [3.8, 4) is 11.5 Å². The van der Waals surface area contributed by atoms with E-state index in [1.165, 1.54) is 17.8 Å². The second kappa shape index (κ2) is 12.0. The van der Waals surface area contributed by atoms with Crippen molar-refractivity contribution < 1.29 is 14.3 Å². The molecule has 1 aliphatic rings. The van der Waals surface area contributed by atoms with Crippen molar-refractivity contribution in [1.82, 2.24) is 15.6 Å². The quantitative estimate of drug-likeness (QED) is 0.667. The van der Waals surface area contributed by atoms with Crippen LogP contribution in [0, 0.1) is 5.92 Å². The Balaban J connectivity index is 0.00000182. The molecule has 1 fully saturated rings. The van der Waals surface area contributed by atoms with Gasteiger partial charge < -0.3 is 20.1 Å². The van der Waals surface area contributed by atoms with Crippen molar-refractivity contribution in [2.75, 3.05) is 26.7 Å². The standard InChI is InChI=1S/C18H23N3O3S.2ClH/c1-23-17-8-14(18(22)20-7-5-13-4-6-19-9-13)2-3-16(17)24-10-15-11-25-12-21-15;;/h2-3,8,11-13,19H,4-7,9-10H2,1H3,(H,20,22);2*1H. The first kappa shape index (κ1) is 23.5. The number of benzene rings is 1. The third-order valence-electron chi connectivity index (χ3n) is 4.29. The molecule has 0 saturated carbocycles. The van der Waals surface area contributed by atoms with Gasteiger partial charge in [-0.15, -0.1) is 36.2 Å². The highest BCUT2D eigenvalue weighted by Gasteiger charge is 2.15. The molecule has 0 radical (unpaired) electrons. The molecule has 27 heavy (non-hydrogen) atoms. The Labute approximate surface area is 175 Å². The maximum absolute atomic E-state index is 12.3. The molecule has 1 aromatic carbocycles. The molecular formula is C18H25Cl2N3O3S. The first-order chi connectivity index (χ1) is 12.3. The Morgan fingerprint density at radius 3 is 2.89 bits per heavy atom. The highest BCUT2D eigenvalue weighted by Crippen LogP contribution is 2.28. The lowest BCUT2D eigenvalue weighted by molar-refractivity contribution is 0.0951. The van der Waals surface area contributed by atoms with Crippen LogP contribution in [0.15, 0.2) is 29.1 Å². The Bertz CT molecular complexity index is 695. The van der Waals surface area contributed by atoms with Crippen molar-refractivity contribution in [1.29, 1.82) is 0 Å². The molecule has 2 N–H and O–H groups in total. The minimum Gasteiger partial charge on any atom is -0.493 e. The molecule has 1 amide bonds. The van der Waals surface area contributed by atoms with Gasteiger partial charge in [-0.1, -0.05) is 0 Å². The summed E-state index contributed by atoms with van der Waals surface area (Å²) in [7, 11) is 1.57. The summed E-state index contributed by atoms with van der Waals surface area (Å²) in [6.07, 6.45) is 2.19. The number of amides is 1. The molecule has 3 rings (SSSR count). The normalized spacial score (nSPS) is 15.4. The van der Waals surface area contributed by atoms with Crippen LogP contribution in [0.4, 0.5) is 0 Å². The molecular weight excluding hydrogens is 409 g/mol. The van der Waals surface area contributed by atoms with Crippen LogP contribution < -0.4 is 20.1 Å². The van der Waals surface area contributed by atoms with E-state index in [9.17, 15) is 4.79 Å². The molecule has 0 aliphatic carbocycles. The number of nitrogens with one attached hydrogen (secondary N) is 2. The molecule has 1 unspecified atom stereocenters. The number of carbonyl (C=O) groups excluding carboxylic acids is 1. The summed E-state index contributed by atoms with van der Waals surface area (Å²) in [5.41, 5.74) is 3.21. The molecule has 0 bridgehead atoms. The lowest BCUT2D eigenvalue weighted by Gasteiger charge is -2.12.